The Balaban J connectivity index is 2.24. The highest BCUT2D eigenvalue weighted by atomic mass is 16.2. The van der Waals surface area contributed by atoms with E-state index in [1.54, 1.807) is 0 Å². The van der Waals surface area contributed by atoms with Crippen LogP contribution >= 0.6 is 0 Å². The van der Waals surface area contributed by atoms with E-state index in [1.165, 1.54) is 19.3 Å². The summed E-state index contributed by atoms with van der Waals surface area (Å²) in [5.74, 6) is 0.363. The molecule has 1 aliphatic rings. The van der Waals surface area contributed by atoms with Crippen LogP contribution in [0.25, 0.3) is 0 Å². The standard InChI is InChI=1S/C15H30N2O/c1-3-15(2)10-8-12-17(13-15)14(18)9-6-4-5-7-11-16/h3-13,16H2,1-2H3. The molecule has 0 aromatic carbocycles. The van der Waals surface area contributed by atoms with Gasteiger partial charge in [-0.3, -0.25) is 4.79 Å². The molecule has 1 fully saturated rings. The van der Waals surface area contributed by atoms with Gasteiger partial charge in [0.1, 0.15) is 0 Å². The first-order chi connectivity index (χ1) is 8.61. The van der Waals surface area contributed by atoms with Crippen molar-refractivity contribution in [2.24, 2.45) is 11.1 Å². The molecule has 1 unspecified atom stereocenters. The second-order valence-electron chi connectivity index (χ2n) is 6.04. The molecule has 3 nitrogen and oxygen atoms in total. The Labute approximate surface area is 112 Å². The number of likely N-dealkylation sites (tertiary alicyclic amines) is 1. The molecule has 1 saturated heterocycles. The van der Waals surface area contributed by atoms with Gasteiger partial charge in [-0.2, -0.15) is 0 Å². The van der Waals surface area contributed by atoms with Crippen LogP contribution in [-0.2, 0) is 4.79 Å². The van der Waals surface area contributed by atoms with Crippen molar-refractivity contribution < 1.29 is 4.79 Å². The molecule has 0 saturated carbocycles. The maximum atomic E-state index is 12.1. The molecule has 1 atom stereocenters. The summed E-state index contributed by atoms with van der Waals surface area (Å²) in [7, 11) is 0. The number of carbonyl (C=O) groups is 1. The van der Waals surface area contributed by atoms with Crippen LogP contribution in [0.15, 0.2) is 0 Å². The number of rotatable bonds is 7. The second-order valence-corrected chi connectivity index (χ2v) is 6.04. The molecule has 1 aliphatic heterocycles. The van der Waals surface area contributed by atoms with E-state index in [1.807, 2.05) is 0 Å². The zero-order valence-corrected chi connectivity index (χ0v) is 12.2. The Hall–Kier alpha value is -0.570. The predicted octanol–water partition coefficient (Wildman–Crippen LogP) is 2.93. The van der Waals surface area contributed by atoms with Crippen LogP contribution in [0.5, 0.6) is 0 Å². The van der Waals surface area contributed by atoms with Crippen LogP contribution < -0.4 is 5.73 Å². The second kappa shape index (κ2) is 7.78. The SMILES string of the molecule is CCC1(C)CCCN(C(=O)CCCCCCN)C1. The minimum absolute atomic E-state index is 0.355. The van der Waals surface area contributed by atoms with Gasteiger partial charge in [-0.1, -0.05) is 26.7 Å². The van der Waals surface area contributed by atoms with E-state index in [4.69, 9.17) is 5.73 Å². The first-order valence-corrected chi connectivity index (χ1v) is 7.59. The lowest BCUT2D eigenvalue weighted by Gasteiger charge is -2.40. The Bertz CT molecular complexity index is 255. The Morgan fingerprint density at radius 1 is 1.28 bits per heavy atom. The Morgan fingerprint density at radius 2 is 2.00 bits per heavy atom. The van der Waals surface area contributed by atoms with E-state index in [0.29, 0.717) is 11.3 Å². The van der Waals surface area contributed by atoms with E-state index in [2.05, 4.69) is 18.7 Å². The van der Waals surface area contributed by atoms with E-state index in [0.717, 1.165) is 51.7 Å². The van der Waals surface area contributed by atoms with Crippen LogP contribution in [0.3, 0.4) is 0 Å². The third-order valence-corrected chi connectivity index (χ3v) is 4.33. The molecule has 0 radical (unpaired) electrons. The highest BCUT2D eigenvalue weighted by molar-refractivity contribution is 5.76. The van der Waals surface area contributed by atoms with Gasteiger partial charge in [0, 0.05) is 19.5 Å². The number of amides is 1. The number of hydrogen-bond acceptors (Lipinski definition) is 2. The third-order valence-electron chi connectivity index (χ3n) is 4.33. The summed E-state index contributed by atoms with van der Waals surface area (Å²) >= 11 is 0. The normalized spacial score (nSPS) is 24.3. The molecule has 0 aliphatic carbocycles. The van der Waals surface area contributed by atoms with E-state index in [9.17, 15) is 4.79 Å². The molecule has 1 rings (SSSR count). The van der Waals surface area contributed by atoms with Crippen molar-refractivity contribution in [1.29, 1.82) is 0 Å². The maximum Gasteiger partial charge on any atom is 0.222 e. The summed E-state index contributed by atoms with van der Waals surface area (Å²) < 4.78 is 0. The van der Waals surface area contributed by atoms with Gasteiger partial charge in [-0.15, -0.1) is 0 Å². The zero-order chi connectivity index (χ0) is 13.4. The van der Waals surface area contributed by atoms with Crippen LogP contribution in [0, 0.1) is 5.41 Å². The largest absolute Gasteiger partial charge is 0.342 e. The van der Waals surface area contributed by atoms with Gasteiger partial charge in [-0.05, 0) is 44.1 Å². The minimum Gasteiger partial charge on any atom is -0.342 e. The van der Waals surface area contributed by atoms with Gasteiger partial charge >= 0.3 is 0 Å². The topological polar surface area (TPSA) is 46.3 Å². The van der Waals surface area contributed by atoms with Crippen molar-refractivity contribution in [3.05, 3.63) is 0 Å². The fraction of sp³-hybridized carbons (Fsp3) is 0.933. The summed E-state index contributed by atoms with van der Waals surface area (Å²) in [5, 5.41) is 0. The van der Waals surface area contributed by atoms with Gasteiger partial charge in [0.05, 0.1) is 0 Å². The lowest BCUT2D eigenvalue weighted by molar-refractivity contribution is -0.134. The highest BCUT2D eigenvalue weighted by Gasteiger charge is 2.31. The Kier molecular flexibility index (Phi) is 6.69. The number of nitrogens with zero attached hydrogens (tertiary/aromatic N) is 1. The molecular formula is C15H30N2O. The number of piperidine rings is 1. The highest BCUT2D eigenvalue weighted by Crippen LogP contribution is 2.32. The first-order valence-electron chi connectivity index (χ1n) is 7.59. The Morgan fingerprint density at radius 3 is 2.67 bits per heavy atom. The summed E-state index contributed by atoms with van der Waals surface area (Å²) in [6.45, 7) is 7.26. The average molecular weight is 254 g/mol. The number of carbonyl (C=O) groups excluding carboxylic acids is 1. The van der Waals surface area contributed by atoms with Gasteiger partial charge in [0.15, 0.2) is 0 Å². The summed E-state index contributed by atoms with van der Waals surface area (Å²) in [6, 6.07) is 0. The van der Waals surface area contributed by atoms with Crippen LogP contribution in [-0.4, -0.2) is 30.4 Å². The van der Waals surface area contributed by atoms with E-state index < -0.39 is 0 Å². The fourth-order valence-electron chi connectivity index (χ4n) is 2.75. The van der Waals surface area contributed by atoms with Crippen molar-refractivity contribution in [2.75, 3.05) is 19.6 Å². The molecular weight excluding hydrogens is 224 g/mol. The lowest BCUT2D eigenvalue weighted by atomic mass is 9.79. The van der Waals surface area contributed by atoms with Gasteiger partial charge < -0.3 is 10.6 Å². The predicted molar refractivity (Wildman–Crippen MR) is 76.4 cm³/mol. The van der Waals surface area contributed by atoms with Crippen molar-refractivity contribution in [1.82, 2.24) is 4.90 Å². The van der Waals surface area contributed by atoms with Crippen molar-refractivity contribution in [2.45, 2.75) is 65.2 Å². The molecule has 1 amide bonds. The van der Waals surface area contributed by atoms with Gasteiger partial charge in [0.25, 0.3) is 0 Å². The smallest absolute Gasteiger partial charge is 0.222 e. The number of hydrogen-bond donors (Lipinski definition) is 1. The maximum absolute atomic E-state index is 12.1. The van der Waals surface area contributed by atoms with Crippen LogP contribution in [0.4, 0.5) is 0 Å². The third kappa shape index (κ3) is 4.97. The molecule has 18 heavy (non-hydrogen) atoms. The van der Waals surface area contributed by atoms with E-state index in [-0.39, 0.29) is 0 Å². The monoisotopic (exact) mass is 254 g/mol. The summed E-state index contributed by atoms with van der Waals surface area (Å²) in [5.41, 5.74) is 5.81. The van der Waals surface area contributed by atoms with E-state index >= 15 is 0 Å². The fourth-order valence-corrected chi connectivity index (χ4v) is 2.75. The molecule has 2 N–H and O–H groups in total. The van der Waals surface area contributed by atoms with Crippen LogP contribution in [0.1, 0.15) is 65.2 Å². The van der Waals surface area contributed by atoms with Crippen molar-refractivity contribution >= 4 is 5.91 Å². The molecule has 0 spiro atoms. The summed E-state index contributed by atoms with van der Waals surface area (Å²) in [4.78, 5) is 14.2. The zero-order valence-electron chi connectivity index (χ0n) is 12.2. The summed E-state index contributed by atoms with van der Waals surface area (Å²) in [6.07, 6.45) is 8.76. The molecule has 0 aromatic rings. The molecule has 0 aromatic heterocycles. The molecule has 1 heterocycles. The first kappa shape index (κ1) is 15.5. The molecule has 3 heteroatoms. The molecule has 0 bridgehead atoms. The number of unbranched alkanes of at least 4 members (excludes halogenated alkanes) is 3. The van der Waals surface area contributed by atoms with Crippen molar-refractivity contribution in [3.63, 3.8) is 0 Å². The quantitative estimate of drug-likeness (QED) is 0.710. The van der Waals surface area contributed by atoms with Gasteiger partial charge in [-0.25, -0.2) is 0 Å². The van der Waals surface area contributed by atoms with Gasteiger partial charge in [0.2, 0.25) is 5.91 Å². The lowest BCUT2D eigenvalue weighted by Crippen LogP contribution is -2.44. The number of nitrogens with two attached hydrogens (primary N) is 1. The van der Waals surface area contributed by atoms with Crippen LogP contribution in [0.2, 0.25) is 0 Å². The molecule has 106 valence electrons. The van der Waals surface area contributed by atoms with Crippen molar-refractivity contribution in [3.8, 4) is 0 Å². The minimum atomic E-state index is 0.355. The average Bonchev–Trinajstić information content (AvgIpc) is 2.38.